The minimum atomic E-state index is -0.446. The number of nitrogens with one attached hydrogen (secondary N) is 1. The second-order valence-electron chi connectivity index (χ2n) is 4.08. The fraction of sp³-hybridized carbons (Fsp3) is 0.133. The Morgan fingerprint density at radius 3 is 2.70 bits per heavy atom. The van der Waals surface area contributed by atoms with E-state index in [2.05, 4.69) is 5.32 Å². The summed E-state index contributed by atoms with van der Waals surface area (Å²) in [5.41, 5.74) is 0.653. The molecule has 0 fully saturated rings. The first kappa shape index (κ1) is 14.3. The van der Waals surface area contributed by atoms with Crippen molar-refractivity contribution in [1.29, 1.82) is 0 Å². The molecule has 2 aromatic carbocycles. The summed E-state index contributed by atoms with van der Waals surface area (Å²) >= 11 is 5.90. The van der Waals surface area contributed by atoms with Gasteiger partial charge in [0.2, 0.25) is 0 Å². The molecule has 0 bridgehead atoms. The molecule has 1 amide bonds. The molecule has 0 heterocycles. The maximum absolute atomic E-state index is 13.6. The summed E-state index contributed by atoms with van der Waals surface area (Å²) in [6.45, 7) is 0.0163. The molecule has 2 aromatic rings. The van der Waals surface area contributed by atoms with Crippen LogP contribution in [0.2, 0.25) is 5.02 Å². The smallest absolute Gasteiger partial charge is 0.255 e. The molecule has 0 spiro atoms. The molecule has 0 unspecified atom stereocenters. The molecule has 2 rings (SSSR count). The van der Waals surface area contributed by atoms with Gasteiger partial charge in [0.25, 0.3) is 5.91 Å². The molecular formula is C15H13ClFNO2. The van der Waals surface area contributed by atoms with E-state index in [-0.39, 0.29) is 23.0 Å². The van der Waals surface area contributed by atoms with Gasteiger partial charge in [0, 0.05) is 17.1 Å². The number of carbonyl (C=O) groups excluding carboxylic acids is 1. The Morgan fingerprint density at radius 2 is 2.00 bits per heavy atom. The summed E-state index contributed by atoms with van der Waals surface area (Å²) < 4.78 is 18.7. The number of halogens is 2. The summed E-state index contributed by atoms with van der Waals surface area (Å²) in [5.74, 6) is -0.329. The standard InChI is InChI=1S/C15H13ClFNO2/c1-20-14-8-3-2-5-10(14)15(19)18-9-11-12(16)6-4-7-13(11)17/h2-8H,9H2,1H3,(H,18,19). The van der Waals surface area contributed by atoms with Crippen LogP contribution in [0, 0.1) is 5.82 Å². The third kappa shape index (κ3) is 3.08. The molecule has 20 heavy (non-hydrogen) atoms. The molecule has 0 atom stereocenters. The van der Waals surface area contributed by atoms with E-state index < -0.39 is 5.82 Å². The molecule has 1 N–H and O–H groups in total. The van der Waals surface area contributed by atoms with Gasteiger partial charge in [-0.2, -0.15) is 0 Å². The normalized spacial score (nSPS) is 10.2. The van der Waals surface area contributed by atoms with Crippen molar-refractivity contribution in [2.24, 2.45) is 0 Å². The summed E-state index contributed by atoms with van der Waals surface area (Å²) in [6.07, 6.45) is 0. The van der Waals surface area contributed by atoms with Crippen LogP contribution in [0.1, 0.15) is 15.9 Å². The van der Waals surface area contributed by atoms with Crippen LogP contribution in [0.3, 0.4) is 0 Å². The number of hydrogen-bond donors (Lipinski definition) is 1. The average molecular weight is 294 g/mol. The van der Waals surface area contributed by atoms with Gasteiger partial charge in [-0.25, -0.2) is 4.39 Å². The Bertz CT molecular complexity index is 611. The van der Waals surface area contributed by atoms with Crippen LogP contribution in [0.25, 0.3) is 0 Å². The minimum absolute atomic E-state index is 0.0163. The Kier molecular flexibility index (Phi) is 4.58. The molecule has 3 nitrogen and oxygen atoms in total. The third-order valence-corrected chi connectivity index (χ3v) is 3.19. The van der Waals surface area contributed by atoms with Crippen molar-refractivity contribution in [2.75, 3.05) is 7.11 Å². The fourth-order valence-electron chi connectivity index (χ4n) is 1.80. The summed E-state index contributed by atoms with van der Waals surface area (Å²) in [6, 6.07) is 11.2. The van der Waals surface area contributed by atoms with E-state index >= 15 is 0 Å². The Balaban J connectivity index is 2.13. The van der Waals surface area contributed by atoms with Gasteiger partial charge >= 0.3 is 0 Å². The third-order valence-electron chi connectivity index (χ3n) is 2.84. The predicted molar refractivity (Wildman–Crippen MR) is 75.6 cm³/mol. The summed E-state index contributed by atoms with van der Waals surface area (Å²) in [4.78, 5) is 12.1. The molecule has 0 saturated heterocycles. The molecule has 0 radical (unpaired) electrons. The maximum Gasteiger partial charge on any atom is 0.255 e. The first-order valence-electron chi connectivity index (χ1n) is 5.97. The van der Waals surface area contributed by atoms with Gasteiger partial charge in [-0.05, 0) is 24.3 Å². The number of rotatable bonds is 4. The van der Waals surface area contributed by atoms with Crippen molar-refractivity contribution in [1.82, 2.24) is 5.32 Å². The van der Waals surface area contributed by atoms with Crippen molar-refractivity contribution in [3.8, 4) is 5.75 Å². The highest BCUT2D eigenvalue weighted by Gasteiger charge is 2.13. The molecule has 0 saturated carbocycles. The first-order chi connectivity index (χ1) is 9.63. The van der Waals surface area contributed by atoms with Crippen molar-refractivity contribution in [3.05, 3.63) is 64.4 Å². The van der Waals surface area contributed by atoms with Crippen molar-refractivity contribution in [3.63, 3.8) is 0 Å². The summed E-state index contributed by atoms with van der Waals surface area (Å²) in [7, 11) is 1.49. The highest BCUT2D eigenvalue weighted by molar-refractivity contribution is 6.31. The number of ether oxygens (including phenoxy) is 1. The van der Waals surface area contributed by atoms with Gasteiger partial charge in [-0.1, -0.05) is 29.8 Å². The van der Waals surface area contributed by atoms with Gasteiger partial charge in [-0.3, -0.25) is 4.79 Å². The lowest BCUT2D eigenvalue weighted by Gasteiger charge is -2.10. The van der Waals surface area contributed by atoms with Crippen molar-refractivity contribution < 1.29 is 13.9 Å². The average Bonchev–Trinajstić information content (AvgIpc) is 2.46. The van der Waals surface area contributed by atoms with Gasteiger partial charge in [0.1, 0.15) is 11.6 Å². The summed E-state index contributed by atoms with van der Waals surface area (Å²) in [5, 5.41) is 2.91. The van der Waals surface area contributed by atoms with Crippen molar-refractivity contribution in [2.45, 2.75) is 6.54 Å². The van der Waals surface area contributed by atoms with Crippen LogP contribution in [0.5, 0.6) is 5.75 Å². The SMILES string of the molecule is COc1ccccc1C(=O)NCc1c(F)cccc1Cl. The molecular weight excluding hydrogens is 281 g/mol. The molecule has 0 aliphatic carbocycles. The number of hydrogen-bond acceptors (Lipinski definition) is 2. The van der Waals surface area contributed by atoms with Crippen molar-refractivity contribution >= 4 is 17.5 Å². The van der Waals surface area contributed by atoms with E-state index in [0.717, 1.165) is 0 Å². The fourth-order valence-corrected chi connectivity index (χ4v) is 2.03. The van der Waals surface area contributed by atoms with Crippen LogP contribution < -0.4 is 10.1 Å². The zero-order valence-corrected chi connectivity index (χ0v) is 11.6. The lowest BCUT2D eigenvalue weighted by atomic mass is 10.1. The topological polar surface area (TPSA) is 38.3 Å². The lowest BCUT2D eigenvalue weighted by Crippen LogP contribution is -2.24. The minimum Gasteiger partial charge on any atom is -0.496 e. The molecule has 0 aromatic heterocycles. The quantitative estimate of drug-likeness (QED) is 0.938. The van der Waals surface area contributed by atoms with E-state index in [0.29, 0.717) is 11.3 Å². The zero-order valence-electron chi connectivity index (χ0n) is 10.8. The molecule has 5 heteroatoms. The van der Waals surface area contributed by atoms with Gasteiger partial charge < -0.3 is 10.1 Å². The largest absolute Gasteiger partial charge is 0.496 e. The van der Waals surface area contributed by atoms with E-state index in [1.54, 1.807) is 30.3 Å². The van der Waals surface area contributed by atoms with Crippen LogP contribution in [-0.2, 0) is 6.54 Å². The number of benzene rings is 2. The Hall–Kier alpha value is -2.07. The number of amides is 1. The van der Waals surface area contributed by atoms with E-state index in [1.807, 2.05) is 0 Å². The second-order valence-corrected chi connectivity index (χ2v) is 4.49. The van der Waals surface area contributed by atoms with Crippen LogP contribution in [-0.4, -0.2) is 13.0 Å². The van der Waals surface area contributed by atoms with E-state index in [9.17, 15) is 9.18 Å². The lowest BCUT2D eigenvalue weighted by molar-refractivity contribution is 0.0947. The Morgan fingerprint density at radius 1 is 1.25 bits per heavy atom. The molecule has 104 valence electrons. The van der Waals surface area contributed by atoms with Gasteiger partial charge in [0.05, 0.1) is 12.7 Å². The number of carbonyl (C=O) groups is 1. The van der Waals surface area contributed by atoms with Gasteiger partial charge in [0.15, 0.2) is 0 Å². The maximum atomic E-state index is 13.6. The van der Waals surface area contributed by atoms with E-state index in [4.69, 9.17) is 16.3 Å². The second kappa shape index (κ2) is 6.39. The predicted octanol–water partition coefficient (Wildman–Crippen LogP) is 3.42. The monoisotopic (exact) mass is 293 g/mol. The van der Waals surface area contributed by atoms with Crippen LogP contribution in [0.4, 0.5) is 4.39 Å². The zero-order chi connectivity index (χ0) is 14.5. The first-order valence-corrected chi connectivity index (χ1v) is 6.35. The molecule has 0 aliphatic heterocycles. The number of para-hydroxylation sites is 1. The van der Waals surface area contributed by atoms with E-state index in [1.165, 1.54) is 19.2 Å². The molecule has 0 aliphatic rings. The highest BCUT2D eigenvalue weighted by Crippen LogP contribution is 2.20. The van der Waals surface area contributed by atoms with Crippen LogP contribution in [0.15, 0.2) is 42.5 Å². The number of methoxy groups -OCH3 is 1. The van der Waals surface area contributed by atoms with Gasteiger partial charge in [-0.15, -0.1) is 0 Å². The highest BCUT2D eigenvalue weighted by atomic mass is 35.5. The Labute approximate surface area is 121 Å². The van der Waals surface area contributed by atoms with Crippen LogP contribution >= 0.6 is 11.6 Å².